The van der Waals surface area contributed by atoms with Crippen molar-refractivity contribution in [1.82, 2.24) is 10.3 Å². The van der Waals surface area contributed by atoms with E-state index in [1.807, 2.05) is 42.2 Å². The molecule has 1 fully saturated rings. The summed E-state index contributed by atoms with van der Waals surface area (Å²) in [7, 11) is 0. The van der Waals surface area contributed by atoms with E-state index in [4.69, 9.17) is 4.98 Å². The first-order valence-corrected chi connectivity index (χ1v) is 11.8. The molecule has 0 aliphatic carbocycles. The van der Waals surface area contributed by atoms with Crippen LogP contribution in [-0.4, -0.2) is 43.1 Å². The number of alkyl halides is 3. The van der Waals surface area contributed by atoms with Crippen molar-refractivity contribution in [1.29, 1.82) is 0 Å². The monoisotopic (exact) mass is 484 g/mol. The maximum absolute atomic E-state index is 13.2. The SMILES string of the molecule is CC(NC(=O)c1cc(N2CCN(c3cccc(C(F)(F)F)c3)CC2)nc2ccccc12)C(C)(C)C. The lowest BCUT2D eigenvalue weighted by Gasteiger charge is -2.37. The number of piperazine rings is 1. The number of para-hydroxylation sites is 1. The highest BCUT2D eigenvalue weighted by atomic mass is 19.4. The van der Waals surface area contributed by atoms with Crippen LogP contribution in [0.1, 0.15) is 43.6 Å². The van der Waals surface area contributed by atoms with Gasteiger partial charge in [0.05, 0.1) is 16.6 Å². The Hall–Kier alpha value is -3.29. The lowest BCUT2D eigenvalue weighted by Crippen LogP contribution is -2.47. The third-order valence-electron chi connectivity index (χ3n) is 6.74. The summed E-state index contributed by atoms with van der Waals surface area (Å²) in [4.78, 5) is 22.1. The van der Waals surface area contributed by atoms with E-state index >= 15 is 0 Å². The van der Waals surface area contributed by atoms with E-state index in [0.717, 1.165) is 17.0 Å². The number of hydrogen-bond donors (Lipinski definition) is 1. The van der Waals surface area contributed by atoms with Gasteiger partial charge in [-0.3, -0.25) is 4.79 Å². The van der Waals surface area contributed by atoms with E-state index < -0.39 is 11.7 Å². The molecule has 0 radical (unpaired) electrons. The maximum Gasteiger partial charge on any atom is 0.416 e. The number of amides is 1. The van der Waals surface area contributed by atoms with Crippen LogP contribution >= 0.6 is 0 Å². The number of carbonyl (C=O) groups excluding carboxylic acids is 1. The van der Waals surface area contributed by atoms with E-state index in [0.29, 0.717) is 43.2 Å². The van der Waals surface area contributed by atoms with Gasteiger partial charge in [-0.2, -0.15) is 13.2 Å². The van der Waals surface area contributed by atoms with Crippen molar-refractivity contribution in [3.05, 3.63) is 65.7 Å². The van der Waals surface area contributed by atoms with Gasteiger partial charge in [0, 0.05) is 43.3 Å². The number of rotatable bonds is 4. The fourth-order valence-corrected chi connectivity index (χ4v) is 4.07. The highest BCUT2D eigenvalue weighted by Gasteiger charge is 2.31. The molecule has 1 aromatic heterocycles. The summed E-state index contributed by atoms with van der Waals surface area (Å²) in [6, 6.07) is 14.8. The normalized spacial score (nSPS) is 15.9. The van der Waals surface area contributed by atoms with Crippen LogP contribution in [0.4, 0.5) is 24.7 Å². The number of fused-ring (bicyclic) bond motifs is 1. The standard InChI is InChI=1S/C27H31F3N4O/c1-18(26(2,3)4)31-25(35)22-17-24(32-23-11-6-5-10-21(22)23)34-14-12-33(13-15-34)20-9-7-8-19(16-20)27(28,29)30/h5-11,16-18H,12-15H2,1-4H3,(H,31,35). The minimum Gasteiger partial charge on any atom is -0.368 e. The van der Waals surface area contributed by atoms with Gasteiger partial charge >= 0.3 is 6.18 Å². The quantitative estimate of drug-likeness (QED) is 0.513. The molecule has 0 bridgehead atoms. The van der Waals surface area contributed by atoms with Crippen molar-refractivity contribution in [2.45, 2.75) is 39.9 Å². The Kier molecular flexibility index (Phi) is 6.66. The van der Waals surface area contributed by atoms with Crippen LogP contribution in [-0.2, 0) is 6.18 Å². The zero-order chi connectivity index (χ0) is 25.4. The van der Waals surface area contributed by atoms with Crippen molar-refractivity contribution < 1.29 is 18.0 Å². The van der Waals surface area contributed by atoms with Crippen molar-refractivity contribution in [3.8, 4) is 0 Å². The first-order valence-electron chi connectivity index (χ1n) is 11.8. The predicted molar refractivity (Wildman–Crippen MR) is 134 cm³/mol. The molecule has 2 heterocycles. The third kappa shape index (κ3) is 5.52. The molecular weight excluding hydrogens is 453 g/mol. The number of halogens is 3. The molecule has 1 atom stereocenters. The van der Waals surface area contributed by atoms with Gasteiger partial charge in [0.15, 0.2) is 0 Å². The molecule has 0 spiro atoms. The Balaban J connectivity index is 1.56. The first kappa shape index (κ1) is 24.8. The van der Waals surface area contributed by atoms with Crippen LogP contribution < -0.4 is 15.1 Å². The third-order valence-corrected chi connectivity index (χ3v) is 6.74. The molecule has 1 unspecified atom stereocenters. The Bertz CT molecular complexity index is 1210. The van der Waals surface area contributed by atoms with E-state index in [2.05, 4.69) is 31.0 Å². The van der Waals surface area contributed by atoms with Crippen LogP contribution in [0.25, 0.3) is 10.9 Å². The largest absolute Gasteiger partial charge is 0.416 e. The highest BCUT2D eigenvalue weighted by Crippen LogP contribution is 2.32. The fourth-order valence-electron chi connectivity index (χ4n) is 4.07. The van der Waals surface area contributed by atoms with Crippen molar-refractivity contribution in [2.75, 3.05) is 36.0 Å². The minimum atomic E-state index is -4.37. The van der Waals surface area contributed by atoms with Crippen molar-refractivity contribution in [3.63, 3.8) is 0 Å². The number of anilines is 2. The van der Waals surface area contributed by atoms with Gasteiger partial charge in [0.25, 0.3) is 5.91 Å². The molecular formula is C27H31F3N4O. The fraction of sp³-hybridized carbons (Fsp3) is 0.407. The molecule has 35 heavy (non-hydrogen) atoms. The summed E-state index contributed by atoms with van der Waals surface area (Å²) >= 11 is 0. The Morgan fingerprint density at radius 3 is 2.26 bits per heavy atom. The Labute approximate surface area is 203 Å². The molecule has 3 aromatic rings. The average molecular weight is 485 g/mol. The molecule has 1 aliphatic rings. The number of carbonyl (C=O) groups is 1. The highest BCUT2D eigenvalue weighted by molar-refractivity contribution is 6.07. The van der Waals surface area contributed by atoms with E-state index in [1.54, 1.807) is 6.07 Å². The molecule has 186 valence electrons. The lowest BCUT2D eigenvalue weighted by atomic mass is 9.88. The van der Waals surface area contributed by atoms with Gasteiger partial charge in [0.2, 0.25) is 0 Å². The average Bonchev–Trinajstić information content (AvgIpc) is 2.82. The summed E-state index contributed by atoms with van der Waals surface area (Å²) in [5.74, 6) is 0.552. The molecule has 4 rings (SSSR count). The number of aromatic nitrogens is 1. The van der Waals surface area contributed by atoms with E-state index in [9.17, 15) is 18.0 Å². The van der Waals surface area contributed by atoms with Crippen LogP contribution in [0.2, 0.25) is 0 Å². The van der Waals surface area contributed by atoms with Gasteiger partial charge in [-0.1, -0.05) is 45.0 Å². The number of hydrogen-bond acceptors (Lipinski definition) is 4. The molecule has 0 saturated carbocycles. The van der Waals surface area contributed by atoms with Gasteiger partial charge in [-0.15, -0.1) is 0 Å². The summed E-state index contributed by atoms with van der Waals surface area (Å²) in [6.45, 7) is 10.5. The van der Waals surface area contributed by atoms with Gasteiger partial charge in [-0.05, 0) is 42.7 Å². The second-order valence-electron chi connectivity index (χ2n) is 10.1. The zero-order valence-corrected chi connectivity index (χ0v) is 20.5. The van der Waals surface area contributed by atoms with Gasteiger partial charge in [-0.25, -0.2) is 4.98 Å². The molecule has 1 aliphatic heterocycles. The second-order valence-corrected chi connectivity index (χ2v) is 10.1. The molecule has 5 nitrogen and oxygen atoms in total. The number of nitrogens with zero attached hydrogens (tertiary/aromatic N) is 3. The van der Waals surface area contributed by atoms with E-state index in [1.165, 1.54) is 12.1 Å². The van der Waals surface area contributed by atoms with Crippen LogP contribution in [0, 0.1) is 5.41 Å². The van der Waals surface area contributed by atoms with Crippen molar-refractivity contribution in [2.24, 2.45) is 5.41 Å². The summed E-state index contributed by atoms with van der Waals surface area (Å²) in [5.41, 5.74) is 1.14. The first-order chi connectivity index (χ1) is 16.4. The van der Waals surface area contributed by atoms with Crippen LogP contribution in [0.3, 0.4) is 0 Å². The molecule has 1 saturated heterocycles. The number of nitrogens with one attached hydrogen (secondary N) is 1. The van der Waals surface area contributed by atoms with Crippen LogP contribution in [0.5, 0.6) is 0 Å². The lowest BCUT2D eigenvalue weighted by molar-refractivity contribution is -0.137. The summed E-state index contributed by atoms with van der Waals surface area (Å²) in [5, 5.41) is 3.91. The second kappa shape index (κ2) is 9.40. The Morgan fingerprint density at radius 2 is 1.60 bits per heavy atom. The Morgan fingerprint density at radius 1 is 0.943 bits per heavy atom. The topological polar surface area (TPSA) is 48.5 Å². The number of benzene rings is 2. The maximum atomic E-state index is 13.2. The van der Waals surface area contributed by atoms with E-state index in [-0.39, 0.29) is 17.4 Å². The van der Waals surface area contributed by atoms with Gasteiger partial charge < -0.3 is 15.1 Å². The van der Waals surface area contributed by atoms with Crippen LogP contribution in [0.15, 0.2) is 54.6 Å². The van der Waals surface area contributed by atoms with Gasteiger partial charge in [0.1, 0.15) is 5.82 Å². The predicted octanol–water partition coefficient (Wildman–Crippen LogP) is 5.74. The molecule has 2 aromatic carbocycles. The zero-order valence-electron chi connectivity index (χ0n) is 20.5. The number of pyridine rings is 1. The minimum absolute atomic E-state index is 0.0265. The van der Waals surface area contributed by atoms with Crippen molar-refractivity contribution >= 4 is 28.3 Å². The molecule has 1 amide bonds. The smallest absolute Gasteiger partial charge is 0.368 e. The summed E-state index contributed by atoms with van der Waals surface area (Å²) in [6.07, 6.45) is -4.37. The molecule has 1 N–H and O–H groups in total. The summed E-state index contributed by atoms with van der Waals surface area (Å²) < 4.78 is 39.4. The molecule has 8 heteroatoms.